The zero-order valence-corrected chi connectivity index (χ0v) is 9.52. The first-order valence-corrected chi connectivity index (χ1v) is 5.08. The third kappa shape index (κ3) is 7.84. The maximum Gasteiger partial charge on any atom is 0.0593 e. The summed E-state index contributed by atoms with van der Waals surface area (Å²) in [5.41, 5.74) is 2.18. The topological polar surface area (TPSA) is 28.7 Å². The molecule has 0 radical (unpaired) electrons. The van der Waals surface area contributed by atoms with Crippen molar-refractivity contribution in [3.05, 3.63) is 17.5 Å². The van der Waals surface area contributed by atoms with E-state index in [9.17, 15) is 0 Å². The van der Waals surface area contributed by atoms with E-state index in [-0.39, 0.29) is 7.43 Å². The van der Waals surface area contributed by atoms with Gasteiger partial charge in [-0.3, -0.25) is 5.10 Å². The van der Waals surface area contributed by atoms with Gasteiger partial charge in [-0.15, -0.1) is 0 Å². The highest BCUT2D eigenvalue weighted by Crippen LogP contribution is 2.02. The Balaban J connectivity index is 0. The number of aryl methyl sites for hydroxylation is 2. The maximum absolute atomic E-state index is 3.89. The molecule has 0 aliphatic rings. The third-order valence-corrected chi connectivity index (χ3v) is 2.23. The lowest BCUT2D eigenvalue weighted by Gasteiger charge is -1.98. The number of hydrogen-bond donors (Lipinski definition) is 1. The molecule has 0 bridgehead atoms. The highest BCUT2D eigenvalue weighted by atomic mass is 15.1. The molecule has 0 aromatic carbocycles. The lowest BCUT2D eigenvalue weighted by molar-refractivity contribution is 0.544. The van der Waals surface area contributed by atoms with Gasteiger partial charge in [0.15, 0.2) is 0 Å². The summed E-state index contributed by atoms with van der Waals surface area (Å²) in [4.78, 5) is 0. The second-order valence-corrected chi connectivity index (χ2v) is 3.61. The molecule has 84 valence electrons. The van der Waals surface area contributed by atoms with Crippen molar-refractivity contribution >= 4 is 0 Å². The van der Waals surface area contributed by atoms with Crippen LogP contribution in [-0.4, -0.2) is 10.2 Å². The molecule has 0 aliphatic heterocycles. The van der Waals surface area contributed by atoms with Crippen molar-refractivity contribution in [1.82, 2.24) is 10.2 Å². The Morgan fingerprint density at radius 1 is 1.29 bits per heavy atom. The second kappa shape index (κ2) is 8.79. The van der Waals surface area contributed by atoms with Gasteiger partial charge < -0.3 is 0 Å². The van der Waals surface area contributed by atoms with Gasteiger partial charge in [0, 0.05) is 5.69 Å². The molecule has 0 amide bonds. The molecule has 0 fully saturated rings. The Morgan fingerprint density at radius 2 is 1.79 bits per heavy atom. The third-order valence-electron chi connectivity index (χ3n) is 2.23. The molecule has 2 nitrogen and oxygen atoms in total. The molecule has 1 rings (SSSR count). The molecule has 1 N–H and O–H groups in total. The highest BCUT2D eigenvalue weighted by Gasteiger charge is 1.88. The molecule has 0 atom stereocenters. The molecule has 0 saturated heterocycles. The summed E-state index contributed by atoms with van der Waals surface area (Å²) in [7, 11) is 0. The minimum Gasteiger partial charge on any atom is -0.283 e. The van der Waals surface area contributed by atoms with Gasteiger partial charge in [-0.05, 0) is 25.8 Å². The summed E-state index contributed by atoms with van der Waals surface area (Å²) in [6.07, 6.45) is 2.66. The number of hydrogen-bond acceptors (Lipinski definition) is 1. The van der Waals surface area contributed by atoms with Gasteiger partial charge in [-0.25, -0.2) is 0 Å². The lowest BCUT2D eigenvalue weighted by atomic mass is 10.1. The number of nitrogens with zero attached hydrogens (tertiary/aromatic N) is 1. The standard InChI is InChI=1S/C6H14.C5H8N2.CH4/c1-4-6(3)5-2;1-4-3-5(2)7-6-4;/h6H,4-5H2,1-3H3;3H,1-2H3,(H,6,7);1H4. The first-order valence-electron chi connectivity index (χ1n) is 5.08. The van der Waals surface area contributed by atoms with E-state index < -0.39 is 0 Å². The van der Waals surface area contributed by atoms with E-state index in [1.807, 2.05) is 19.9 Å². The van der Waals surface area contributed by atoms with Crippen molar-refractivity contribution in [3.63, 3.8) is 0 Å². The van der Waals surface area contributed by atoms with Crippen molar-refractivity contribution in [2.45, 2.75) is 54.9 Å². The molecular formula is C12H26N2. The van der Waals surface area contributed by atoms with Crippen LogP contribution in [-0.2, 0) is 0 Å². The maximum atomic E-state index is 3.89. The van der Waals surface area contributed by atoms with Crippen LogP contribution in [0.15, 0.2) is 6.07 Å². The number of rotatable bonds is 2. The summed E-state index contributed by atoms with van der Waals surface area (Å²) >= 11 is 0. The fourth-order valence-electron chi connectivity index (χ4n) is 0.843. The largest absolute Gasteiger partial charge is 0.283 e. The fraction of sp³-hybridized carbons (Fsp3) is 0.750. The number of aromatic nitrogens is 2. The zero-order chi connectivity index (χ0) is 10.3. The molecule has 0 saturated carbocycles. The minimum atomic E-state index is 0. The number of H-pyrrole nitrogens is 1. The summed E-state index contributed by atoms with van der Waals surface area (Å²) < 4.78 is 0. The Labute approximate surface area is 89.1 Å². The smallest absolute Gasteiger partial charge is 0.0593 e. The summed E-state index contributed by atoms with van der Waals surface area (Å²) in [6, 6.07) is 2.00. The Hall–Kier alpha value is -0.790. The van der Waals surface area contributed by atoms with Crippen LogP contribution >= 0.6 is 0 Å². The van der Waals surface area contributed by atoms with Crippen LogP contribution in [0.4, 0.5) is 0 Å². The van der Waals surface area contributed by atoms with Crippen LogP contribution in [0.5, 0.6) is 0 Å². The van der Waals surface area contributed by atoms with Crippen LogP contribution in [0.1, 0.15) is 52.4 Å². The van der Waals surface area contributed by atoms with E-state index >= 15 is 0 Å². The minimum absolute atomic E-state index is 0. The average Bonchev–Trinajstić information content (AvgIpc) is 2.49. The van der Waals surface area contributed by atoms with Crippen LogP contribution in [0.25, 0.3) is 0 Å². The molecule has 14 heavy (non-hydrogen) atoms. The average molecular weight is 198 g/mol. The summed E-state index contributed by atoms with van der Waals surface area (Å²) in [6.45, 7) is 10.7. The SMILES string of the molecule is C.CCC(C)CC.Cc1cc(C)[nH]n1. The quantitative estimate of drug-likeness (QED) is 0.761. The second-order valence-electron chi connectivity index (χ2n) is 3.61. The van der Waals surface area contributed by atoms with Crippen LogP contribution in [0, 0.1) is 19.8 Å². The molecule has 0 aliphatic carbocycles. The van der Waals surface area contributed by atoms with Gasteiger partial charge in [0.25, 0.3) is 0 Å². The fourth-order valence-corrected chi connectivity index (χ4v) is 0.843. The van der Waals surface area contributed by atoms with Gasteiger partial charge >= 0.3 is 0 Å². The Bertz CT molecular complexity index is 195. The number of nitrogens with one attached hydrogen (secondary N) is 1. The van der Waals surface area contributed by atoms with E-state index in [1.165, 1.54) is 12.8 Å². The van der Waals surface area contributed by atoms with Crippen molar-refractivity contribution in [1.29, 1.82) is 0 Å². The Morgan fingerprint density at radius 3 is 1.86 bits per heavy atom. The van der Waals surface area contributed by atoms with Crippen molar-refractivity contribution in [2.24, 2.45) is 5.92 Å². The molecule has 0 unspecified atom stereocenters. The number of aromatic amines is 1. The van der Waals surface area contributed by atoms with Crippen molar-refractivity contribution < 1.29 is 0 Å². The normalized spacial score (nSPS) is 9.00. The predicted molar refractivity (Wildman–Crippen MR) is 64.5 cm³/mol. The van der Waals surface area contributed by atoms with Crippen molar-refractivity contribution in [3.8, 4) is 0 Å². The van der Waals surface area contributed by atoms with E-state index in [0.717, 1.165) is 17.3 Å². The Kier molecular flexibility index (Phi) is 9.84. The van der Waals surface area contributed by atoms with Gasteiger partial charge in [0.05, 0.1) is 5.69 Å². The molecule has 2 heteroatoms. The monoisotopic (exact) mass is 198 g/mol. The molecular weight excluding hydrogens is 172 g/mol. The van der Waals surface area contributed by atoms with E-state index in [4.69, 9.17) is 0 Å². The van der Waals surface area contributed by atoms with Gasteiger partial charge in [0.1, 0.15) is 0 Å². The predicted octanol–water partition coefficient (Wildman–Crippen LogP) is 4.11. The van der Waals surface area contributed by atoms with Gasteiger partial charge in [0.2, 0.25) is 0 Å². The molecule has 1 aromatic rings. The van der Waals surface area contributed by atoms with Crippen LogP contribution < -0.4 is 0 Å². The highest BCUT2D eigenvalue weighted by molar-refractivity contribution is 5.03. The molecule has 1 aromatic heterocycles. The lowest BCUT2D eigenvalue weighted by Crippen LogP contribution is -1.85. The summed E-state index contributed by atoms with van der Waals surface area (Å²) in [5.74, 6) is 0.935. The molecule has 1 heterocycles. The van der Waals surface area contributed by atoms with Gasteiger partial charge in [-0.1, -0.05) is 41.0 Å². The first-order chi connectivity index (χ1) is 6.10. The van der Waals surface area contributed by atoms with Crippen LogP contribution in [0.2, 0.25) is 0 Å². The van der Waals surface area contributed by atoms with E-state index in [1.54, 1.807) is 0 Å². The van der Waals surface area contributed by atoms with Gasteiger partial charge in [-0.2, -0.15) is 5.10 Å². The van der Waals surface area contributed by atoms with E-state index in [0.29, 0.717) is 0 Å². The van der Waals surface area contributed by atoms with Crippen molar-refractivity contribution in [2.75, 3.05) is 0 Å². The first kappa shape index (κ1) is 15.7. The summed E-state index contributed by atoms with van der Waals surface area (Å²) in [5, 5.41) is 6.71. The van der Waals surface area contributed by atoms with Crippen LogP contribution in [0.3, 0.4) is 0 Å². The zero-order valence-electron chi connectivity index (χ0n) is 9.52. The molecule has 0 spiro atoms. The van der Waals surface area contributed by atoms with E-state index in [2.05, 4.69) is 31.0 Å².